The standard InChI is InChI=1S/C18H26N4O2.C16H23N5O2.C9H10N4.C5H4BrN.C4H6N3.CH4/c1-3-24-18(23)11-6-4-5-9-14-22(16-10-7-8-13-19-16)17-12-15-21(2)20-17;1-20-13-10-15(18-20)21(14-8-5-6-11-17-14)12-7-3-2-4-9-16(22)19-23;1-13-7-5-9(12-13)11-8-4-2-3-6-10-8;6-5-3-1-2-4-7-5;1-7-3-2-4(5)6-7;/h7-8,10,12-13,15H,3-6,9,11,14H2,1-2H3;5-6,8,10-11,13,23H,2-4,7,9,12H2,1H3,(H,19,22);2-7H,1H3,(H,10,11,12);1-4H;2H,1H3,(H2,5,6);1H4/q;;;;+1;. The summed E-state index contributed by atoms with van der Waals surface area (Å²) >= 11 is 3.20. The lowest BCUT2D eigenvalue weighted by molar-refractivity contribution is -0.143. The minimum atomic E-state index is -0.325. The average molecular weight is 1090 g/mol. The van der Waals surface area contributed by atoms with Crippen LogP contribution in [0.2, 0.25) is 0 Å². The largest absolute Gasteiger partial charge is 0.466 e. The summed E-state index contributed by atoms with van der Waals surface area (Å²) in [5.41, 5.74) is 6.87. The zero-order valence-electron chi connectivity index (χ0n) is 42.9. The first-order valence-corrected chi connectivity index (χ1v) is 25.1. The third-order valence-electron chi connectivity index (χ3n) is 10.2. The summed E-state index contributed by atoms with van der Waals surface area (Å²) in [5, 5.41) is 29.9. The molecule has 75 heavy (non-hydrogen) atoms. The molecule has 0 bridgehead atoms. The highest BCUT2D eigenvalue weighted by Gasteiger charge is 2.14. The molecule has 0 aromatic carbocycles. The number of nitrogens with one attached hydrogen (secondary N) is 2. The Labute approximate surface area is 449 Å². The van der Waals surface area contributed by atoms with Crippen LogP contribution in [0.3, 0.4) is 0 Å². The van der Waals surface area contributed by atoms with Crippen molar-refractivity contribution in [1.82, 2.24) is 59.8 Å². The zero-order valence-corrected chi connectivity index (χ0v) is 44.4. The fraction of sp³-hybridized carbons (Fsp3) is 0.358. The molecule has 0 saturated heterocycles. The van der Waals surface area contributed by atoms with E-state index in [9.17, 15) is 9.59 Å². The van der Waals surface area contributed by atoms with Gasteiger partial charge in [0.15, 0.2) is 17.5 Å². The summed E-state index contributed by atoms with van der Waals surface area (Å²) in [7, 11) is 7.46. The lowest BCUT2D eigenvalue weighted by Crippen LogP contribution is -2.20. The van der Waals surface area contributed by atoms with Crippen molar-refractivity contribution in [1.29, 1.82) is 0 Å². The van der Waals surface area contributed by atoms with E-state index in [1.165, 1.54) is 5.01 Å². The van der Waals surface area contributed by atoms with Gasteiger partial charge in [-0.2, -0.15) is 15.3 Å². The minimum absolute atomic E-state index is 0. The maximum atomic E-state index is 11.3. The molecular formula is C53H73BrN17O4+. The number of hydroxylamine groups is 1. The topological polar surface area (TPSA) is 241 Å². The summed E-state index contributed by atoms with van der Waals surface area (Å²) in [6.45, 7) is 3.97. The van der Waals surface area contributed by atoms with Crippen LogP contribution in [0.5, 0.6) is 0 Å². The van der Waals surface area contributed by atoms with E-state index >= 15 is 0 Å². The SMILES string of the molecule is Brc1ccccn1.C.CCOC(=O)CCCCCCN(c1ccccn1)c1ccn(C)n1.CN1[C+]=CC(N)=N1.Cn1ccc(N(CCCCCCC(=O)NO)c2ccccn2)n1.Cn1ccc(Nc2ccccn2)n1. The van der Waals surface area contributed by atoms with Crippen molar-refractivity contribution >= 4 is 68.5 Å². The Hall–Kier alpha value is -8.07. The lowest BCUT2D eigenvalue weighted by Gasteiger charge is -2.21. The van der Waals surface area contributed by atoms with Gasteiger partial charge in [0.1, 0.15) is 22.1 Å². The van der Waals surface area contributed by atoms with Crippen LogP contribution in [-0.4, -0.2) is 104 Å². The molecular weight excluding hydrogens is 1020 g/mol. The number of carbonyl (C=O) groups is 2. The Kier molecular flexibility index (Phi) is 29.4. The highest BCUT2D eigenvalue weighted by atomic mass is 79.9. The van der Waals surface area contributed by atoms with Gasteiger partial charge in [0.25, 0.3) is 5.84 Å². The summed E-state index contributed by atoms with van der Waals surface area (Å²) in [5.74, 6) is 5.28. The Balaban J connectivity index is 0.000000266. The van der Waals surface area contributed by atoms with E-state index in [0.29, 0.717) is 25.3 Å². The van der Waals surface area contributed by atoms with Crippen molar-refractivity contribution in [2.24, 2.45) is 32.0 Å². The van der Waals surface area contributed by atoms with Crippen LogP contribution in [0.4, 0.5) is 34.9 Å². The molecule has 5 N–H and O–H groups in total. The number of unbranched alkanes of at least 4 members (excludes halogenated alkanes) is 6. The summed E-state index contributed by atoms with van der Waals surface area (Å²) in [4.78, 5) is 43.3. The molecule has 1 aliphatic rings. The van der Waals surface area contributed by atoms with Crippen LogP contribution in [0.25, 0.3) is 0 Å². The maximum absolute atomic E-state index is 11.3. The van der Waals surface area contributed by atoms with Gasteiger partial charge in [-0.3, -0.25) is 28.8 Å². The van der Waals surface area contributed by atoms with Crippen LogP contribution in [0, 0.1) is 6.20 Å². The quantitative estimate of drug-likeness (QED) is 0.0131. The van der Waals surface area contributed by atoms with E-state index in [0.717, 1.165) is 104 Å². The molecule has 400 valence electrons. The number of amides is 1. The van der Waals surface area contributed by atoms with Gasteiger partial charge in [0, 0.05) is 109 Å². The first kappa shape index (κ1) is 61.2. The first-order valence-electron chi connectivity index (χ1n) is 24.3. The lowest BCUT2D eigenvalue weighted by atomic mass is 10.1. The van der Waals surface area contributed by atoms with Crippen molar-refractivity contribution in [3.63, 3.8) is 0 Å². The molecule has 8 rings (SSSR count). The molecule has 0 atom stereocenters. The van der Waals surface area contributed by atoms with E-state index in [2.05, 4.69) is 77.6 Å². The average Bonchev–Trinajstić information content (AvgIpc) is 4.24. The van der Waals surface area contributed by atoms with Crippen LogP contribution < -0.4 is 26.3 Å². The molecule has 1 aliphatic heterocycles. The number of nitrogens with two attached hydrogens (primary N) is 1. The molecule has 0 spiro atoms. The van der Waals surface area contributed by atoms with Gasteiger partial charge in [-0.05, 0) is 102 Å². The van der Waals surface area contributed by atoms with E-state index in [1.807, 2.05) is 138 Å². The maximum Gasteiger partial charge on any atom is 0.305 e. The minimum Gasteiger partial charge on any atom is -0.466 e. The highest BCUT2D eigenvalue weighted by Crippen LogP contribution is 2.23. The van der Waals surface area contributed by atoms with Crippen molar-refractivity contribution in [3.8, 4) is 0 Å². The van der Waals surface area contributed by atoms with Crippen LogP contribution in [0.1, 0.15) is 78.6 Å². The van der Waals surface area contributed by atoms with Gasteiger partial charge in [-0.25, -0.2) is 25.4 Å². The number of anilines is 6. The number of esters is 1. The first-order chi connectivity index (χ1) is 35.9. The van der Waals surface area contributed by atoms with Crippen molar-refractivity contribution in [2.45, 2.75) is 78.6 Å². The van der Waals surface area contributed by atoms with Gasteiger partial charge in [-0.15, -0.1) is 5.01 Å². The molecule has 0 radical (unpaired) electrons. The highest BCUT2D eigenvalue weighted by molar-refractivity contribution is 9.10. The monoisotopic (exact) mass is 1090 g/mol. The fourth-order valence-electron chi connectivity index (χ4n) is 6.69. The van der Waals surface area contributed by atoms with Gasteiger partial charge >= 0.3 is 5.97 Å². The molecule has 0 saturated carbocycles. The number of carbonyl (C=O) groups excluding carboxylic acids is 2. The Morgan fingerprint density at radius 2 is 1.13 bits per heavy atom. The number of hydrogen-bond acceptors (Lipinski definition) is 17. The van der Waals surface area contributed by atoms with Crippen LogP contribution >= 0.6 is 15.9 Å². The predicted molar refractivity (Wildman–Crippen MR) is 298 cm³/mol. The van der Waals surface area contributed by atoms with Gasteiger partial charge in [-0.1, -0.05) is 57.4 Å². The Morgan fingerprint density at radius 3 is 1.51 bits per heavy atom. The third kappa shape index (κ3) is 25.4. The molecule has 7 aromatic rings. The summed E-state index contributed by atoms with van der Waals surface area (Å²) < 4.78 is 11.1. The molecule has 21 nitrogen and oxygen atoms in total. The molecule has 7 aromatic heterocycles. The smallest absolute Gasteiger partial charge is 0.305 e. The predicted octanol–water partition coefficient (Wildman–Crippen LogP) is 9.44. The number of nitrogens with zero attached hydrogens (tertiary/aromatic N) is 14. The summed E-state index contributed by atoms with van der Waals surface area (Å²) in [6, 6.07) is 29.0. The normalized spacial score (nSPS) is 10.7. The molecule has 0 aliphatic carbocycles. The Bertz CT molecular complexity index is 2650. The number of pyridine rings is 4. The number of aryl methyl sites for hydroxylation is 3. The van der Waals surface area contributed by atoms with Crippen LogP contribution in [0.15, 0.2) is 150 Å². The molecule has 0 fully saturated rings. The number of rotatable bonds is 21. The molecule has 0 unspecified atom stereocenters. The van der Waals surface area contributed by atoms with E-state index in [-0.39, 0.29) is 19.3 Å². The summed E-state index contributed by atoms with van der Waals surface area (Å²) in [6.07, 6.45) is 25.7. The van der Waals surface area contributed by atoms with E-state index in [1.54, 1.807) is 57.4 Å². The molecule has 1 amide bonds. The van der Waals surface area contributed by atoms with Crippen molar-refractivity contribution in [2.75, 3.05) is 41.9 Å². The second-order valence-electron chi connectivity index (χ2n) is 16.2. The van der Waals surface area contributed by atoms with Gasteiger partial charge < -0.3 is 25.6 Å². The fourth-order valence-corrected chi connectivity index (χ4v) is 6.96. The van der Waals surface area contributed by atoms with E-state index in [4.69, 9.17) is 15.7 Å². The Morgan fingerprint density at radius 1 is 0.627 bits per heavy atom. The number of amidine groups is 1. The second kappa shape index (κ2) is 36.0. The van der Waals surface area contributed by atoms with Crippen molar-refractivity contribution in [3.05, 3.63) is 151 Å². The molecule has 8 heterocycles. The molecule has 22 heteroatoms. The number of hydrazone groups is 1. The van der Waals surface area contributed by atoms with Gasteiger partial charge in [0.05, 0.1) is 13.7 Å². The zero-order chi connectivity index (χ0) is 53.2. The third-order valence-corrected chi connectivity index (χ3v) is 10.7. The van der Waals surface area contributed by atoms with Gasteiger partial charge in [0.2, 0.25) is 18.2 Å². The number of aromatic nitrogens is 10. The number of hydrogen-bond donors (Lipinski definition) is 4. The van der Waals surface area contributed by atoms with Crippen LogP contribution in [-0.2, 0) is 35.5 Å². The number of ether oxygens (including phenoxy) is 1. The second-order valence-corrected chi connectivity index (χ2v) is 17.0. The van der Waals surface area contributed by atoms with E-state index < -0.39 is 0 Å². The number of halogens is 1. The van der Waals surface area contributed by atoms with Crippen molar-refractivity contribution < 1.29 is 19.5 Å².